The maximum Gasteiger partial charge on any atom is 0.407 e. The van der Waals surface area contributed by atoms with Gasteiger partial charge >= 0.3 is 18.3 Å². The summed E-state index contributed by atoms with van der Waals surface area (Å²) in [5.74, 6) is 0.801. The van der Waals surface area contributed by atoms with E-state index in [0.29, 0.717) is 32.8 Å². The molecule has 2 aromatic rings. The first-order chi connectivity index (χ1) is 22.3. The van der Waals surface area contributed by atoms with Crippen LogP contribution in [0.3, 0.4) is 0 Å². The summed E-state index contributed by atoms with van der Waals surface area (Å²) >= 11 is 0. The number of unbranched alkanes of at least 4 members (excludes halogenated alkanes) is 1. The van der Waals surface area contributed by atoms with E-state index in [9.17, 15) is 14.4 Å². The quantitative estimate of drug-likeness (QED) is 0.116. The summed E-state index contributed by atoms with van der Waals surface area (Å²) in [5.41, 5.74) is 1.09. The van der Waals surface area contributed by atoms with Gasteiger partial charge in [-0.2, -0.15) is 0 Å². The maximum absolute atomic E-state index is 12.0. The first kappa shape index (κ1) is 39.2. The summed E-state index contributed by atoms with van der Waals surface area (Å²) in [6, 6.07) is 17.7. The molecule has 0 heterocycles. The van der Waals surface area contributed by atoms with Crippen LogP contribution in [0.25, 0.3) is 0 Å². The zero-order chi connectivity index (χ0) is 34.5. The third-order valence-corrected chi connectivity index (χ3v) is 6.61. The van der Waals surface area contributed by atoms with Gasteiger partial charge in [-0.15, -0.1) is 0 Å². The lowest BCUT2D eigenvalue weighted by atomic mass is 10.1. The van der Waals surface area contributed by atoms with Crippen molar-refractivity contribution in [3.63, 3.8) is 0 Å². The normalized spacial score (nSPS) is 11.5. The Labute approximate surface area is 281 Å². The summed E-state index contributed by atoms with van der Waals surface area (Å²) in [6.07, 6.45) is 2.96. The van der Waals surface area contributed by atoms with Crippen LogP contribution < -0.4 is 20.7 Å². The van der Waals surface area contributed by atoms with Crippen molar-refractivity contribution in [2.45, 2.75) is 91.5 Å². The van der Waals surface area contributed by atoms with Crippen LogP contribution >= 0.6 is 0 Å². The van der Waals surface area contributed by atoms with Gasteiger partial charge < -0.3 is 34.9 Å². The van der Waals surface area contributed by atoms with Gasteiger partial charge in [-0.25, -0.2) is 14.4 Å². The predicted octanol–water partition coefficient (Wildman–Crippen LogP) is 6.45. The molecule has 47 heavy (non-hydrogen) atoms. The molecule has 0 fully saturated rings. The molecule has 0 aliphatic carbocycles. The van der Waals surface area contributed by atoms with E-state index >= 15 is 0 Å². The van der Waals surface area contributed by atoms with Crippen molar-refractivity contribution in [1.29, 1.82) is 0 Å². The van der Waals surface area contributed by atoms with Gasteiger partial charge in [-0.3, -0.25) is 4.90 Å². The van der Waals surface area contributed by atoms with Gasteiger partial charge in [0.25, 0.3) is 0 Å². The highest BCUT2D eigenvalue weighted by atomic mass is 16.6. The van der Waals surface area contributed by atoms with Crippen molar-refractivity contribution in [2.24, 2.45) is 0 Å². The number of hydrogen-bond donors (Lipinski definition) is 3. The molecule has 262 valence electrons. The minimum Gasteiger partial charge on any atom is -0.492 e. The molecule has 11 nitrogen and oxygen atoms in total. The molecule has 11 heteroatoms. The smallest absolute Gasteiger partial charge is 0.407 e. The predicted molar refractivity (Wildman–Crippen MR) is 184 cm³/mol. The summed E-state index contributed by atoms with van der Waals surface area (Å²) in [6.45, 7) is 15.6. The van der Waals surface area contributed by atoms with E-state index in [2.05, 4.69) is 33.0 Å². The number of nitrogens with zero attached hydrogens (tertiary/aromatic N) is 1. The number of aryl methyl sites for hydroxylation is 1. The molecule has 2 aromatic carbocycles. The third kappa shape index (κ3) is 20.7. The average molecular weight is 657 g/mol. The van der Waals surface area contributed by atoms with Crippen LogP contribution in [-0.2, 0) is 27.2 Å². The summed E-state index contributed by atoms with van der Waals surface area (Å²) in [4.78, 5) is 38.1. The number of amides is 3. The Hall–Kier alpha value is -3.99. The number of carbonyl (C=O) groups excluding carboxylic acids is 3. The largest absolute Gasteiger partial charge is 0.492 e. The Morgan fingerprint density at radius 3 is 1.70 bits per heavy atom. The Bertz CT molecular complexity index is 1140. The van der Waals surface area contributed by atoms with Crippen LogP contribution in [0, 0.1) is 0 Å². The monoisotopic (exact) mass is 656 g/mol. The van der Waals surface area contributed by atoms with Crippen molar-refractivity contribution in [3.8, 4) is 5.75 Å². The second-order valence-electron chi connectivity index (χ2n) is 13.3. The topological polar surface area (TPSA) is 127 Å². The van der Waals surface area contributed by atoms with E-state index in [1.165, 1.54) is 5.56 Å². The second-order valence-corrected chi connectivity index (χ2v) is 13.3. The van der Waals surface area contributed by atoms with Crippen LogP contribution in [0.5, 0.6) is 5.75 Å². The highest BCUT2D eigenvalue weighted by Crippen LogP contribution is 2.14. The Morgan fingerprint density at radius 1 is 0.617 bits per heavy atom. The van der Waals surface area contributed by atoms with E-state index in [1.807, 2.05) is 84.0 Å². The molecule has 0 unspecified atom stereocenters. The van der Waals surface area contributed by atoms with Crippen LogP contribution in [0.4, 0.5) is 14.4 Å². The first-order valence-electron chi connectivity index (χ1n) is 16.6. The van der Waals surface area contributed by atoms with Crippen molar-refractivity contribution in [3.05, 3.63) is 65.7 Å². The molecule has 0 atom stereocenters. The molecule has 3 N–H and O–H groups in total. The molecular formula is C36H56N4O7. The molecule has 0 aliphatic heterocycles. The molecule has 0 radical (unpaired) electrons. The third-order valence-electron chi connectivity index (χ3n) is 6.61. The van der Waals surface area contributed by atoms with E-state index in [1.54, 1.807) is 0 Å². The first-order valence-corrected chi connectivity index (χ1v) is 16.6. The van der Waals surface area contributed by atoms with Gasteiger partial charge in [0.15, 0.2) is 0 Å². The molecule has 0 aliphatic rings. The summed E-state index contributed by atoms with van der Waals surface area (Å²) in [5, 5.41) is 8.42. The number of ether oxygens (including phenoxy) is 4. The van der Waals surface area contributed by atoms with E-state index in [-0.39, 0.29) is 6.61 Å². The SMILES string of the molecule is CC(C)(C)OC(=O)NCCCN(CCCNC(=O)OC(C)(C)C)CCOc1ccc(CCCCNC(=O)OCc2ccccc2)cc1. The minimum absolute atomic E-state index is 0.264. The van der Waals surface area contributed by atoms with Gasteiger partial charge in [-0.05, 0) is 110 Å². The fraction of sp³-hybridized carbons (Fsp3) is 0.583. The van der Waals surface area contributed by atoms with E-state index < -0.39 is 29.5 Å². The van der Waals surface area contributed by atoms with Gasteiger partial charge in [-0.1, -0.05) is 42.5 Å². The van der Waals surface area contributed by atoms with Gasteiger partial charge in [0, 0.05) is 26.2 Å². The van der Waals surface area contributed by atoms with Crippen molar-refractivity contribution in [2.75, 3.05) is 45.9 Å². The molecule has 3 amide bonds. The number of alkyl carbamates (subject to hydrolysis) is 3. The molecule has 2 rings (SSSR count). The fourth-order valence-corrected chi connectivity index (χ4v) is 4.41. The molecular weight excluding hydrogens is 600 g/mol. The number of carbonyl (C=O) groups is 3. The standard InChI is InChI=1S/C36H56N4O7/c1-35(2,3)46-33(42)38-22-12-24-40(25-13-23-39-34(43)47-36(4,5)6)26-27-44-31-19-17-29(18-20-31)14-10-11-21-37-32(41)45-28-30-15-8-7-9-16-30/h7-9,15-20H,10-14,21-28H2,1-6H3,(H,37,41)(H,38,42)(H,39,43). The lowest BCUT2D eigenvalue weighted by Crippen LogP contribution is -2.37. The van der Waals surface area contributed by atoms with Gasteiger partial charge in [0.1, 0.15) is 30.2 Å². The zero-order valence-electron chi connectivity index (χ0n) is 29.2. The summed E-state index contributed by atoms with van der Waals surface area (Å²) < 4.78 is 21.9. The lowest BCUT2D eigenvalue weighted by Gasteiger charge is -2.24. The molecule has 0 bridgehead atoms. The van der Waals surface area contributed by atoms with Crippen LogP contribution in [-0.4, -0.2) is 80.3 Å². The highest BCUT2D eigenvalue weighted by molar-refractivity contribution is 5.68. The second kappa shape index (κ2) is 21.0. The highest BCUT2D eigenvalue weighted by Gasteiger charge is 2.17. The van der Waals surface area contributed by atoms with E-state index in [4.69, 9.17) is 18.9 Å². The van der Waals surface area contributed by atoms with Crippen molar-refractivity contribution in [1.82, 2.24) is 20.9 Å². The number of nitrogens with one attached hydrogen (secondary N) is 3. The van der Waals surface area contributed by atoms with Crippen LogP contribution in [0.15, 0.2) is 54.6 Å². The van der Waals surface area contributed by atoms with Crippen molar-refractivity contribution >= 4 is 18.3 Å². The Morgan fingerprint density at radius 2 is 1.15 bits per heavy atom. The summed E-state index contributed by atoms with van der Waals surface area (Å²) in [7, 11) is 0. The zero-order valence-corrected chi connectivity index (χ0v) is 29.2. The Kier molecular flexibility index (Phi) is 17.5. The minimum atomic E-state index is -0.537. The molecule has 0 aromatic heterocycles. The van der Waals surface area contributed by atoms with Crippen molar-refractivity contribution < 1.29 is 33.3 Å². The fourth-order valence-electron chi connectivity index (χ4n) is 4.41. The average Bonchev–Trinajstić information content (AvgIpc) is 2.99. The molecule has 0 spiro atoms. The molecule has 0 saturated heterocycles. The number of rotatable bonds is 19. The van der Waals surface area contributed by atoms with Crippen LogP contribution in [0.2, 0.25) is 0 Å². The van der Waals surface area contributed by atoms with Gasteiger partial charge in [0.05, 0.1) is 0 Å². The lowest BCUT2D eigenvalue weighted by molar-refractivity contribution is 0.0516. The number of benzene rings is 2. The van der Waals surface area contributed by atoms with E-state index in [0.717, 1.165) is 56.5 Å². The van der Waals surface area contributed by atoms with Gasteiger partial charge in [0.2, 0.25) is 0 Å². The maximum atomic E-state index is 12.0. The van der Waals surface area contributed by atoms with Crippen LogP contribution in [0.1, 0.15) is 78.4 Å². The Balaban J connectivity index is 1.68. The number of hydrogen-bond acceptors (Lipinski definition) is 8. The molecule has 0 saturated carbocycles.